The van der Waals surface area contributed by atoms with Crippen LogP contribution in [0.3, 0.4) is 0 Å². The minimum Gasteiger partial charge on any atom is -0.307 e. The molecule has 2 aromatic carbocycles. The molecule has 0 aliphatic heterocycles. The van der Waals surface area contributed by atoms with Gasteiger partial charge in [0.05, 0.1) is 16.3 Å². The van der Waals surface area contributed by atoms with Gasteiger partial charge in [-0.05, 0) is 60.2 Å². The Morgan fingerprint density at radius 1 is 0.933 bits per heavy atom. The van der Waals surface area contributed by atoms with Crippen molar-refractivity contribution in [1.29, 1.82) is 0 Å². The van der Waals surface area contributed by atoms with E-state index in [9.17, 15) is 12.8 Å². The highest BCUT2D eigenvalue weighted by atomic mass is 32.2. The predicted molar refractivity (Wildman–Crippen MR) is 111 cm³/mol. The van der Waals surface area contributed by atoms with Gasteiger partial charge in [0.25, 0.3) is 0 Å². The second-order valence-corrected chi connectivity index (χ2v) is 9.06. The van der Waals surface area contributed by atoms with E-state index >= 15 is 0 Å². The molecule has 0 saturated carbocycles. The van der Waals surface area contributed by atoms with Gasteiger partial charge >= 0.3 is 0 Å². The molecular formula is C22H19FN4O2S. The van der Waals surface area contributed by atoms with Gasteiger partial charge in [-0.15, -0.1) is 0 Å². The summed E-state index contributed by atoms with van der Waals surface area (Å²) in [5, 5.41) is 4.18. The predicted octanol–water partition coefficient (Wildman–Crippen LogP) is 3.23. The van der Waals surface area contributed by atoms with Crippen molar-refractivity contribution in [3.05, 3.63) is 108 Å². The van der Waals surface area contributed by atoms with Crippen LogP contribution in [0.5, 0.6) is 0 Å². The van der Waals surface area contributed by atoms with Crippen LogP contribution in [0.2, 0.25) is 0 Å². The fourth-order valence-corrected chi connectivity index (χ4v) is 4.92. The smallest absolute Gasteiger partial charge is 0.203 e. The lowest BCUT2D eigenvalue weighted by molar-refractivity contribution is 0.515. The molecule has 6 nitrogen and oxygen atoms in total. The standard InChI is InChI=1S/C22H19FN4O2S/c23-18-7-11-20(12-8-18)30(28,29)22(24,21-4-1-2-13-25-21)16-17-5-9-19(10-6-17)27-15-3-14-26-27/h1-15H,16,24H2. The summed E-state index contributed by atoms with van der Waals surface area (Å²) in [4.78, 5) is 2.32. The highest BCUT2D eigenvalue weighted by Crippen LogP contribution is 2.33. The molecule has 0 fully saturated rings. The molecule has 0 aliphatic rings. The van der Waals surface area contributed by atoms with E-state index in [2.05, 4.69) is 10.1 Å². The van der Waals surface area contributed by atoms with Crippen LogP contribution in [-0.4, -0.2) is 23.2 Å². The Morgan fingerprint density at radius 3 is 2.27 bits per heavy atom. The summed E-state index contributed by atoms with van der Waals surface area (Å²) in [5.41, 5.74) is 8.33. The molecule has 4 aromatic rings. The molecule has 2 aromatic heterocycles. The second kappa shape index (κ2) is 7.81. The van der Waals surface area contributed by atoms with Gasteiger partial charge in [0.2, 0.25) is 9.84 Å². The van der Waals surface area contributed by atoms with Crippen LogP contribution in [0.4, 0.5) is 4.39 Å². The van der Waals surface area contributed by atoms with E-state index in [4.69, 9.17) is 5.73 Å². The van der Waals surface area contributed by atoms with Crippen LogP contribution >= 0.6 is 0 Å². The molecule has 1 atom stereocenters. The first-order chi connectivity index (χ1) is 14.4. The van der Waals surface area contributed by atoms with Gasteiger partial charge in [-0.25, -0.2) is 17.5 Å². The van der Waals surface area contributed by atoms with Gasteiger partial charge in [0.1, 0.15) is 5.82 Å². The first-order valence-corrected chi connectivity index (χ1v) is 10.7. The van der Waals surface area contributed by atoms with Crippen LogP contribution in [0.1, 0.15) is 11.3 Å². The lowest BCUT2D eigenvalue weighted by atomic mass is 10.0. The zero-order chi connectivity index (χ0) is 21.2. The molecule has 8 heteroatoms. The van der Waals surface area contributed by atoms with Crippen molar-refractivity contribution >= 4 is 9.84 Å². The van der Waals surface area contributed by atoms with Crippen molar-refractivity contribution in [2.45, 2.75) is 16.2 Å². The lowest BCUT2D eigenvalue weighted by Crippen LogP contribution is -2.47. The lowest BCUT2D eigenvalue weighted by Gasteiger charge is -2.29. The van der Waals surface area contributed by atoms with Gasteiger partial charge in [0.15, 0.2) is 4.87 Å². The average Bonchev–Trinajstić information content (AvgIpc) is 3.30. The minimum atomic E-state index is -4.09. The fourth-order valence-electron chi connectivity index (χ4n) is 3.25. The van der Waals surface area contributed by atoms with E-state index in [1.807, 2.05) is 36.5 Å². The van der Waals surface area contributed by atoms with E-state index in [0.717, 1.165) is 17.8 Å². The normalized spacial score (nSPS) is 13.7. The molecule has 0 aliphatic carbocycles. The summed E-state index contributed by atoms with van der Waals surface area (Å²) in [6.07, 6.45) is 4.98. The number of nitrogens with two attached hydrogens (primary N) is 1. The highest BCUT2D eigenvalue weighted by Gasteiger charge is 2.44. The summed E-state index contributed by atoms with van der Waals surface area (Å²) < 4.78 is 42.1. The third kappa shape index (κ3) is 3.62. The van der Waals surface area contributed by atoms with Crippen molar-refractivity contribution in [1.82, 2.24) is 14.8 Å². The number of halogens is 1. The minimum absolute atomic E-state index is 0.0108. The first-order valence-electron chi connectivity index (χ1n) is 9.20. The molecule has 0 spiro atoms. The Bertz CT molecular complexity index is 1230. The van der Waals surface area contributed by atoms with Gasteiger partial charge < -0.3 is 5.73 Å². The molecule has 30 heavy (non-hydrogen) atoms. The summed E-state index contributed by atoms with van der Waals surface area (Å²) in [6, 6.07) is 18.7. The summed E-state index contributed by atoms with van der Waals surface area (Å²) in [6.45, 7) is 0. The van der Waals surface area contributed by atoms with E-state index in [-0.39, 0.29) is 17.0 Å². The maximum Gasteiger partial charge on any atom is 0.203 e. The van der Waals surface area contributed by atoms with Crippen LogP contribution in [0, 0.1) is 5.82 Å². The topological polar surface area (TPSA) is 90.9 Å². The van der Waals surface area contributed by atoms with Crippen molar-refractivity contribution in [3.8, 4) is 5.69 Å². The Hall–Kier alpha value is -3.36. The number of aromatic nitrogens is 3. The number of hydrogen-bond acceptors (Lipinski definition) is 5. The molecule has 0 bridgehead atoms. The van der Waals surface area contributed by atoms with E-state index < -0.39 is 20.5 Å². The molecule has 2 N–H and O–H groups in total. The number of pyridine rings is 1. The first kappa shape index (κ1) is 19.9. The van der Waals surface area contributed by atoms with Crippen molar-refractivity contribution in [2.75, 3.05) is 0 Å². The Balaban J connectivity index is 1.76. The number of benzene rings is 2. The molecule has 0 radical (unpaired) electrons. The average molecular weight is 422 g/mol. The van der Waals surface area contributed by atoms with Gasteiger partial charge in [-0.1, -0.05) is 18.2 Å². The van der Waals surface area contributed by atoms with Crippen molar-refractivity contribution in [2.24, 2.45) is 5.73 Å². The van der Waals surface area contributed by atoms with Crippen LogP contribution < -0.4 is 5.73 Å². The zero-order valence-electron chi connectivity index (χ0n) is 15.9. The molecule has 2 heterocycles. The van der Waals surface area contributed by atoms with Gasteiger partial charge in [-0.2, -0.15) is 5.10 Å². The molecule has 0 saturated heterocycles. The largest absolute Gasteiger partial charge is 0.307 e. The third-order valence-corrected chi connectivity index (χ3v) is 7.08. The van der Waals surface area contributed by atoms with Gasteiger partial charge in [0, 0.05) is 25.0 Å². The number of sulfone groups is 1. The monoisotopic (exact) mass is 422 g/mol. The quantitative estimate of drug-likeness (QED) is 0.482. The SMILES string of the molecule is NC(Cc1ccc(-n2cccn2)cc1)(c1ccccn1)S(=O)(=O)c1ccc(F)cc1. The number of nitrogens with zero attached hydrogens (tertiary/aromatic N) is 3. The Morgan fingerprint density at radius 2 is 1.67 bits per heavy atom. The summed E-state index contributed by atoms with van der Waals surface area (Å²) in [7, 11) is -4.09. The second-order valence-electron chi connectivity index (χ2n) is 6.86. The Labute approximate surface area is 173 Å². The molecule has 1 unspecified atom stereocenters. The van der Waals surface area contributed by atoms with Crippen LogP contribution in [0.15, 0.2) is 96.3 Å². The molecule has 0 amide bonds. The van der Waals surface area contributed by atoms with Gasteiger partial charge in [-0.3, -0.25) is 4.98 Å². The number of rotatable bonds is 6. The van der Waals surface area contributed by atoms with E-state index in [1.165, 1.54) is 18.3 Å². The van der Waals surface area contributed by atoms with Crippen LogP contribution in [-0.2, 0) is 21.1 Å². The molecular weight excluding hydrogens is 403 g/mol. The van der Waals surface area contributed by atoms with E-state index in [0.29, 0.717) is 5.56 Å². The zero-order valence-corrected chi connectivity index (χ0v) is 16.7. The van der Waals surface area contributed by atoms with Crippen LogP contribution in [0.25, 0.3) is 5.69 Å². The van der Waals surface area contributed by atoms with Crippen molar-refractivity contribution < 1.29 is 12.8 Å². The highest BCUT2D eigenvalue weighted by molar-refractivity contribution is 7.92. The third-order valence-electron chi connectivity index (χ3n) is 4.87. The fraction of sp³-hybridized carbons (Fsp3) is 0.0909. The number of hydrogen-bond donors (Lipinski definition) is 1. The Kier molecular flexibility index (Phi) is 5.19. The summed E-state index contributed by atoms with van der Waals surface area (Å²) >= 11 is 0. The van der Waals surface area contributed by atoms with Crippen molar-refractivity contribution in [3.63, 3.8) is 0 Å². The summed E-state index contributed by atoms with van der Waals surface area (Å²) in [5.74, 6) is -0.524. The van der Waals surface area contributed by atoms with E-state index in [1.54, 1.807) is 29.1 Å². The molecule has 152 valence electrons. The molecule has 4 rings (SSSR count). The maximum atomic E-state index is 13.5. The maximum absolute atomic E-state index is 13.5.